The maximum atomic E-state index is 13.3. The van der Waals surface area contributed by atoms with Gasteiger partial charge in [0.1, 0.15) is 11.6 Å². The van der Waals surface area contributed by atoms with E-state index in [9.17, 15) is 14.0 Å². The zero-order chi connectivity index (χ0) is 15.0. The van der Waals surface area contributed by atoms with Crippen molar-refractivity contribution in [1.29, 1.82) is 0 Å². The standard InChI is InChI=1S/C14H14BrFN2O3/c15-5-1-6-18-12(19)14(17-13(18)20)4-7-21-11-8-9(16)2-3-10(11)14/h2-3,8H,1,4-7H2,(H,17,20). The molecule has 21 heavy (non-hydrogen) atoms. The molecule has 1 saturated heterocycles. The molecule has 2 aliphatic rings. The average molecular weight is 357 g/mol. The largest absolute Gasteiger partial charge is 0.493 e. The van der Waals surface area contributed by atoms with Gasteiger partial charge in [-0.25, -0.2) is 9.18 Å². The highest BCUT2D eigenvalue weighted by Crippen LogP contribution is 2.41. The summed E-state index contributed by atoms with van der Waals surface area (Å²) in [4.78, 5) is 26.1. The fraction of sp³-hybridized carbons (Fsp3) is 0.429. The Kier molecular flexibility index (Phi) is 3.61. The van der Waals surface area contributed by atoms with Crippen molar-refractivity contribution in [3.8, 4) is 5.75 Å². The van der Waals surface area contributed by atoms with Gasteiger partial charge >= 0.3 is 6.03 Å². The van der Waals surface area contributed by atoms with Crippen LogP contribution in [-0.4, -0.2) is 35.3 Å². The van der Waals surface area contributed by atoms with Crippen molar-refractivity contribution in [2.45, 2.75) is 18.4 Å². The summed E-state index contributed by atoms with van der Waals surface area (Å²) in [6, 6.07) is 3.63. The molecule has 1 aromatic rings. The van der Waals surface area contributed by atoms with Crippen LogP contribution in [0.2, 0.25) is 0 Å². The van der Waals surface area contributed by atoms with E-state index in [1.165, 1.54) is 23.1 Å². The summed E-state index contributed by atoms with van der Waals surface area (Å²) in [5.41, 5.74) is -0.597. The molecule has 1 spiro atoms. The van der Waals surface area contributed by atoms with Crippen molar-refractivity contribution >= 4 is 27.9 Å². The lowest BCUT2D eigenvalue weighted by molar-refractivity contribution is -0.132. The Hall–Kier alpha value is -1.63. The SMILES string of the molecule is O=C1NC2(CCOc3cc(F)ccc32)C(=O)N1CCCBr. The highest BCUT2D eigenvalue weighted by Gasteiger charge is 2.54. The highest BCUT2D eigenvalue weighted by atomic mass is 79.9. The van der Waals surface area contributed by atoms with Gasteiger partial charge in [-0.3, -0.25) is 9.69 Å². The van der Waals surface area contributed by atoms with Crippen molar-refractivity contribution in [2.75, 3.05) is 18.5 Å². The average Bonchev–Trinajstić information content (AvgIpc) is 2.69. The van der Waals surface area contributed by atoms with E-state index in [-0.39, 0.29) is 12.5 Å². The fourth-order valence-corrected chi connectivity index (χ4v) is 3.07. The second-order valence-electron chi connectivity index (χ2n) is 5.07. The first-order chi connectivity index (χ1) is 10.1. The van der Waals surface area contributed by atoms with Crippen LogP contribution in [-0.2, 0) is 10.3 Å². The van der Waals surface area contributed by atoms with Gasteiger partial charge in [-0.1, -0.05) is 15.9 Å². The Morgan fingerprint density at radius 3 is 3.00 bits per heavy atom. The van der Waals surface area contributed by atoms with Gasteiger partial charge in [0.25, 0.3) is 5.91 Å². The van der Waals surface area contributed by atoms with Gasteiger partial charge in [-0.05, 0) is 18.6 Å². The molecule has 3 rings (SSSR count). The monoisotopic (exact) mass is 356 g/mol. The van der Waals surface area contributed by atoms with Gasteiger partial charge in [-0.15, -0.1) is 0 Å². The Labute approximate surface area is 129 Å². The fourth-order valence-electron chi connectivity index (χ4n) is 2.82. The molecule has 2 heterocycles. The maximum absolute atomic E-state index is 13.3. The van der Waals surface area contributed by atoms with Crippen molar-refractivity contribution in [1.82, 2.24) is 10.2 Å². The number of carbonyl (C=O) groups is 2. The number of rotatable bonds is 3. The molecule has 1 N–H and O–H groups in total. The summed E-state index contributed by atoms with van der Waals surface area (Å²) in [6.07, 6.45) is 1.03. The Morgan fingerprint density at radius 1 is 1.43 bits per heavy atom. The topological polar surface area (TPSA) is 58.6 Å². The van der Waals surface area contributed by atoms with Crippen molar-refractivity contribution < 1.29 is 18.7 Å². The van der Waals surface area contributed by atoms with E-state index in [1.807, 2.05) is 0 Å². The van der Waals surface area contributed by atoms with E-state index in [2.05, 4.69) is 21.2 Å². The van der Waals surface area contributed by atoms with Crippen LogP contribution in [0.15, 0.2) is 18.2 Å². The van der Waals surface area contributed by atoms with Gasteiger partial charge in [0, 0.05) is 29.9 Å². The number of alkyl halides is 1. The number of imide groups is 1. The number of nitrogens with one attached hydrogen (secondary N) is 1. The van der Waals surface area contributed by atoms with Crippen LogP contribution >= 0.6 is 15.9 Å². The third kappa shape index (κ3) is 2.19. The zero-order valence-electron chi connectivity index (χ0n) is 11.2. The minimum Gasteiger partial charge on any atom is -0.493 e. The first-order valence-corrected chi connectivity index (χ1v) is 7.83. The van der Waals surface area contributed by atoms with E-state index in [0.717, 1.165) is 0 Å². The predicted octanol–water partition coefficient (Wildman–Crippen LogP) is 2.14. The van der Waals surface area contributed by atoms with Crippen molar-refractivity contribution in [3.05, 3.63) is 29.6 Å². The summed E-state index contributed by atoms with van der Waals surface area (Å²) in [7, 11) is 0. The second-order valence-corrected chi connectivity index (χ2v) is 5.87. The lowest BCUT2D eigenvalue weighted by Gasteiger charge is -2.33. The molecule has 2 aliphatic heterocycles. The van der Waals surface area contributed by atoms with Crippen LogP contribution in [0, 0.1) is 5.82 Å². The van der Waals surface area contributed by atoms with Gasteiger partial charge in [-0.2, -0.15) is 0 Å². The number of nitrogens with zero attached hydrogens (tertiary/aromatic N) is 1. The molecule has 0 aliphatic carbocycles. The van der Waals surface area contributed by atoms with E-state index < -0.39 is 17.4 Å². The Morgan fingerprint density at radius 2 is 2.24 bits per heavy atom. The van der Waals surface area contributed by atoms with Gasteiger partial charge in [0.15, 0.2) is 5.54 Å². The number of fused-ring (bicyclic) bond motifs is 2. The molecule has 0 bridgehead atoms. The lowest BCUT2D eigenvalue weighted by Crippen LogP contribution is -2.47. The van der Waals surface area contributed by atoms with Crippen LogP contribution in [0.1, 0.15) is 18.4 Å². The summed E-state index contributed by atoms with van der Waals surface area (Å²) in [5, 5.41) is 3.48. The third-order valence-corrected chi connectivity index (χ3v) is 4.39. The number of amides is 3. The molecule has 7 heteroatoms. The van der Waals surface area contributed by atoms with Crippen molar-refractivity contribution in [3.63, 3.8) is 0 Å². The molecular weight excluding hydrogens is 343 g/mol. The number of hydrogen-bond donors (Lipinski definition) is 1. The number of urea groups is 1. The second kappa shape index (κ2) is 5.29. The van der Waals surface area contributed by atoms with Crippen molar-refractivity contribution in [2.24, 2.45) is 0 Å². The number of benzene rings is 1. The van der Waals surface area contributed by atoms with Gasteiger partial charge < -0.3 is 10.1 Å². The smallest absolute Gasteiger partial charge is 0.325 e. The molecular formula is C14H14BrFN2O3. The molecule has 3 amide bonds. The summed E-state index contributed by atoms with van der Waals surface area (Å²) in [6.45, 7) is 0.615. The first kappa shape index (κ1) is 14.3. The van der Waals surface area contributed by atoms with E-state index >= 15 is 0 Å². The minimum atomic E-state index is -1.12. The van der Waals surface area contributed by atoms with E-state index in [1.54, 1.807) is 0 Å². The number of ether oxygens (including phenoxy) is 1. The first-order valence-electron chi connectivity index (χ1n) is 6.71. The van der Waals surface area contributed by atoms with Gasteiger partial charge in [0.05, 0.1) is 6.61 Å². The Bertz CT molecular complexity index is 610. The van der Waals surface area contributed by atoms with Crippen LogP contribution < -0.4 is 10.1 Å². The Balaban J connectivity index is 2.00. The summed E-state index contributed by atoms with van der Waals surface area (Å²) < 4.78 is 18.7. The van der Waals surface area contributed by atoms with Crippen LogP contribution in [0.5, 0.6) is 5.75 Å². The number of carbonyl (C=O) groups excluding carboxylic acids is 2. The number of halogens is 2. The van der Waals surface area contributed by atoms with Gasteiger partial charge in [0.2, 0.25) is 0 Å². The predicted molar refractivity (Wildman–Crippen MR) is 76.8 cm³/mol. The molecule has 0 aromatic heterocycles. The molecule has 112 valence electrons. The normalized spacial score (nSPS) is 24.0. The quantitative estimate of drug-likeness (QED) is 0.666. The molecule has 0 radical (unpaired) electrons. The highest BCUT2D eigenvalue weighted by molar-refractivity contribution is 9.09. The molecule has 1 fully saturated rings. The third-order valence-electron chi connectivity index (χ3n) is 3.83. The molecule has 1 atom stereocenters. The molecule has 0 saturated carbocycles. The molecule has 1 aromatic carbocycles. The van der Waals surface area contributed by atoms with Crippen LogP contribution in [0.3, 0.4) is 0 Å². The van der Waals surface area contributed by atoms with E-state index in [4.69, 9.17) is 4.74 Å². The zero-order valence-corrected chi connectivity index (χ0v) is 12.8. The maximum Gasteiger partial charge on any atom is 0.325 e. The summed E-state index contributed by atoms with van der Waals surface area (Å²) >= 11 is 3.29. The lowest BCUT2D eigenvalue weighted by atomic mass is 9.84. The van der Waals surface area contributed by atoms with Crippen LogP contribution in [0.25, 0.3) is 0 Å². The van der Waals surface area contributed by atoms with E-state index in [0.29, 0.717) is 36.0 Å². The summed E-state index contributed by atoms with van der Waals surface area (Å²) in [5.74, 6) is -0.402. The molecule has 1 unspecified atom stereocenters. The molecule has 5 nitrogen and oxygen atoms in total. The number of hydrogen-bond acceptors (Lipinski definition) is 3. The minimum absolute atomic E-state index is 0.259. The van der Waals surface area contributed by atoms with Crippen LogP contribution in [0.4, 0.5) is 9.18 Å².